The standard InChI is InChI=1S/C15H25N2O8P.C12H23N/c1-5-15(6-2)12(20)16-14(22)17(13(15)21)9-10(11(18)19)26(23,24-7-3)25-8-4;1-3-7-11(8-4-1)13-12-9-5-2-6-10-12/h10H,5-9H2,1-4H3,(H,18,19)(H,16,20,22);11-13H,1-10H2. The van der Waals surface area contributed by atoms with Crippen LogP contribution < -0.4 is 15.7 Å². The quantitative estimate of drug-likeness (QED) is 0.266. The number of urea groups is 1. The fourth-order valence-electron chi connectivity index (χ4n) is 5.86. The molecule has 1 heterocycles. The van der Waals surface area contributed by atoms with Gasteiger partial charge in [-0.2, -0.15) is 0 Å². The molecule has 224 valence electrons. The van der Waals surface area contributed by atoms with Gasteiger partial charge in [-0.3, -0.25) is 24.4 Å². The first kappa shape index (κ1) is 33.4. The van der Waals surface area contributed by atoms with Crippen LogP contribution in [0, 0.1) is 5.41 Å². The van der Waals surface area contributed by atoms with Gasteiger partial charge in [0.1, 0.15) is 11.1 Å². The van der Waals surface area contributed by atoms with Crippen LogP contribution in [-0.2, 0) is 28.0 Å². The Morgan fingerprint density at radius 2 is 1.41 bits per heavy atom. The van der Waals surface area contributed by atoms with E-state index in [1.807, 2.05) is 0 Å². The third-order valence-electron chi connectivity index (χ3n) is 8.23. The number of rotatable bonds is 12. The van der Waals surface area contributed by atoms with E-state index < -0.39 is 49.0 Å². The highest BCUT2D eigenvalue weighted by atomic mass is 31.2. The molecule has 1 unspecified atom stereocenters. The van der Waals surface area contributed by atoms with Crippen molar-refractivity contribution >= 4 is 31.4 Å². The van der Waals surface area contributed by atoms with E-state index >= 15 is 0 Å². The molecule has 1 atom stereocenters. The Kier molecular flexibility index (Phi) is 13.6. The molecule has 0 aromatic carbocycles. The van der Waals surface area contributed by atoms with Gasteiger partial charge in [0.25, 0.3) is 0 Å². The summed E-state index contributed by atoms with van der Waals surface area (Å²) < 4.78 is 22.8. The topological polar surface area (TPSA) is 159 Å². The van der Waals surface area contributed by atoms with Gasteiger partial charge in [-0.05, 0) is 78.1 Å². The van der Waals surface area contributed by atoms with Crippen molar-refractivity contribution in [1.82, 2.24) is 10.2 Å². The number of hydrogen-bond acceptors (Lipinski definition) is 8. The highest BCUT2D eigenvalue weighted by Gasteiger charge is 2.53. The van der Waals surface area contributed by atoms with Crippen LogP contribution in [-0.4, -0.2) is 66.2 Å². The van der Waals surface area contributed by atoms with Gasteiger partial charge < -0.3 is 24.3 Å². The maximum atomic E-state index is 12.8. The number of nitrogens with two attached hydrogens (primary N) is 1. The summed E-state index contributed by atoms with van der Waals surface area (Å²) in [6, 6.07) is 0.914. The van der Waals surface area contributed by atoms with E-state index in [0.29, 0.717) is 4.90 Å². The van der Waals surface area contributed by atoms with Crippen molar-refractivity contribution in [1.29, 1.82) is 0 Å². The van der Waals surface area contributed by atoms with E-state index in [4.69, 9.17) is 9.05 Å². The molecule has 0 aromatic rings. The Morgan fingerprint density at radius 1 is 0.949 bits per heavy atom. The molecule has 0 spiro atoms. The zero-order chi connectivity index (χ0) is 29.1. The predicted octanol–water partition coefficient (Wildman–Crippen LogP) is 2.47. The van der Waals surface area contributed by atoms with Gasteiger partial charge in [-0.1, -0.05) is 26.7 Å². The lowest BCUT2D eigenvalue weighted by molar-refractivity contribution is -0.725. The van der Waals surface area contributed by atoms with Gasteiger partial charge in [0.15, 0.2) is 0 Å². The lowest BCUT2D eigenvalue weighted by Crippen LogP contribution is -2.95. The number of nitrogens with zero attached hydrogens (tertiary/aromatic N) is 1. The number of carboxylic acids is 1. The highest BCUT2D eigenvalue weighted by Crippen LogP contribution is 2.53. The number of imide groups is 2. The number of quaternary nitrogens is 1. The molecule has 0 aromatic heterocycles. The largest absolute Gasteiger partial charge is 0.549 e. The first-order chi connectivity index (χ1) is 18.6. The molecule has 2 saturated carbocycles. The van der Waals surface area contributed by atoms with Crippen LogP contribution in [0.4, 0.5) is 4.79 Å². The SMILES string of the molecule is C1CCC([NH2+]C2CCCCC2)CC1.CCOP(=O)(OCC)C(CN1C(=O)NC(=O)C(CC)(CC)C1=O)C(=O)[O-]. The van der Waals surface area contributed by atoms with Crippen LogP contribution in [0.2, 0.25) is 0 Å². The van der Waals surface area contributed by atoms with E-state index in [9.17, 15) is 28.8 Å². The first-order valence-electron chi connectivity index (χ1n) is 14.7. The van der Waals surface area contributed by atoms with Crippen molar-refractivity contribution in [3.8, 4) is 0 Å². The van der Waals surface area contributed by atoms with Crippen LogP contribution in [0.15, 0.2) is 0 Å². The Hall–Kier alpha value is -1.81. The first-order valence-corrected chi connectivity index (χ1v) is 16.3. The van der Waals surface area contributed by atoms with Crippen molar-refractivity contribution in [2.24, 2.45) is 5.41 Å². The normalized spacial score (nSPS) is 21.6. The molecule has 3 aliphatic rings. The smallest absolute Gasteiger partial charge is 0.341 e. The van der Waals surface area contributed by atoms with Crippen molar-refractivity contribution in [2.75, 3.05) is 19.8 Å². The maximum Gasteiger partial charge on any atom is 0.341 e. The molecule has 1 saturated heterocycles. The minimum Gasteiger partial charge on any atom is -0.549 e. The van der Waals surface area contributed by atoms with Gasteiger partial charge >= 0.3 is 13.6 Å². The zero-order valence-corrected chi connectivity index (χ0v) is 25.0. The zero-order valence-electron chi connectivity index (χ0n) is 24.1. The van der Waals surface area contributed by atoms with Crippen LogP contribution in [0.5, 0.6) is 0 Å². The highest BCUT2D eigenvalue weighted by molar-refractivity contribution is 7.55. The van der Waals surface area contributed by atoms with Gasteiger partial charge in [0, 0.05) is 6.54 Å². The molecule has 39 heavy (non-hydrogen) atoms. The van der Waals surface area contributed by atoms with Crippen LogP contribution in [0.25, 0.3) is 0 Å². The number of nitrogens with one attached hydrogen (secondary N) is 1. The summed E-state index contributed by atoms with van der Waals surface area (Å²) in [6.45, 7) is 5.20. The molecule has 11 nitrogen and oxygen atoms in total. The van der Waals surface area contributed by atoms with Gasteiger partial charge in [-0.15, -0.1) is 0 Å². The summed E-state index contributed by atoms with van der Waals surface area (Å²) in [4.78, 5) is 49.2. The fourth-order valence-corrected chi connectivity index (χ4v) is 7.64. The minimum absolute atomic E-state index is 0.104. The third-order valence-corrected chi connectivity index (χ3v) is 10.6. The van der Waals surface area contributed by atoms with Crippen LogP contribution in [0.1, 0.15) is 105 Å². The number of carboxylic acid groups (broad SMARTS) is 1. The second-order valence-corrected chi connectivity index (χ2v) is 12.9. The van der Waals surface area contributed by atoms with E-state index in [1.165, 1.54) is 78.1 Å². The van der Waals surface area contributed by atoms with Gasteiger partial charge in [-0.25, -0.2) is 4.79 Å². The summed E-state index contributed by atoms with van der Waals surface area (Å²) in [6.07, 6.45) is 15.2. The number of amides is 4. The summed E-state index contributed by atoms with van der Waals surface area (Å²) in [5, 5.41) is 16.3. The van der Waals surface area contributed by atoms with Crippen LogP contribution in [0.3, 0.4) is 0 Å². The Labute approximate surface area is 232 Å². The number of carbonyl (C=O) groups excluding carboxylic acids is 4. The lowest BCUT2D eigenvalue weighted by Gasteiger charge is -2.40. The molecule has 1 aliphatic heterocycles. The number of hydrogen-bond donors (Lipinski definition) is 2. The monoisotopic (exact) mass is 573 g/mol. The molecule has 3 rings (SSSR count). The summed E-state index contributed by atoms with van der Waals surface area (Å²) in [7, 11) is -4.20. The molecule has 3 fully saturated rings. The summed E-state index contributed by atoms with van der Waals surface area (Å²) in [5.41, 5.74) is -3.37. The van der Waals surface area contributed by atoms with E-state index in [-0.39, 0.29) is 26.1 Å². The van der Waals surface area contributed by atoms with E-state index in [1.54, 1.807) is 13.8 Å². The second kappa shape index (κ2) is 15.8. The maximum absolute atomic E-state index is 12.8. The average molecular weight is 574 g/mol. The van der Waals surface area contributed by atoms with Crippen molar-refractivity contribution < 1.29 is 43.2 Å². The molecule has 12 heteroatoms. The molecule has 0 radical (unpaired) electrons. The van der Waals surface area contributed by atoms with E-state index in [0.717, 1.165) is 12.1 Å². The number of carbonyl (C=O) groups is 4. The molecule has 3 N–H and O–H groups in total. The van der Waals surface area contributed by atoms with Gasteiger partial charge in [0.05, 0.1) is 31.3 Å². The van der Waals surface area contributed by atoms with Crippen molar-refractivity contribution in [3.05, 3.63) is 0 Å². The van der Waals surface area contributed by atoms with Crippen molar-refractivity contribution in [2.45, 2.75) is 122 Å². The molecule has 2 aliphatic carbocycles. The van der Waals surface area contributed by atoms with Gasteiger partial charge in [0.2, 0.25) is 11.8 Å². The molecule has 0 bridgehead atoms. The molecular weight excluding hydrogens is 525 g/mol. The van der Waals surface area contributed by atoms with E-state index in [2.05, 4.69) is 10.6 Å². The average Bonchev–Trinajstić information content (AvgIpc) is 2.91. The number of aliphatic carboxylic acids is 1. The molecular formula is C27H48N3O8P. The summed E-state index contributed by atoms with van der Waals surface area (Å²) in [5.74, 6) is -3.37. The number of barbiturate groups is 1. The summed E-state index contributed by atoms with van der Waals surface area (Å²) >= 11 is 0. The molecule has 4 amide bonds. The fraction of sp³-hybridized carbons (Fsp3) is 0.852. The second-order valence-electron chi connectivity index (χ2n) is 10.7. The third kappa shape index (κ3) is 8.59. The predicted molar refractivity (Wildman–Crippen MR) is 144 cm³/mol. The Balaban J connectivity index is 0.000000338. The lowest BCUT2D eigenvalue weighted by atomic mass is 9.78. The Bertz CT molecular complexity index is 856. The van der Waals surface area contributed by atoms with Crippen molar-refractivity contribution in [3.63, 3.8) is 0 Å². The minimum atomic E-state index is -4.20. The Morgan fingerprint density at radius 3 is 1.79 bits per heavy atom. The van der Waals surface area contributed by atoms with Crippen LogP contribution >= 0.6 is 7.60 Å².